The van der Waals surface area contributed by atoms with E-state index in [2.05, 4.69) is 10.2 Å². The SMILES string of the molecule is Cc1c(C#N)c(O)n(C)c(=O)c1N=Nc1ccc(C(=O)OCCOc2ccccc2)cc1. The Morgan fingerprint density at radius 1 is 1.09 bits per heavy atom. The summed E-state index contributed by atoms with van der Waals surface area (Å²) in [7, 11) is 1.34. The fourth-order valence-corrected chi connectivity index (χ4v) is 2.79. The zero-order valence-electron chi connectivity index (χ0n) is 17.5. The first-order valence-corrected chi connectivity index (χ1v) is 9.61. The number of para-hydroxylation sites is 1. The summed E-state index contributed by atoms with van der Waals surface area (Å²) in [5, 5.41) is 27.0. The van der Waals surface area contributed by atoms with E-state index in [-0.39, 0.29) is 30.0 Å². The van der Waals surface area contributed by atoms with E-state index in [1.54, 1.807) is 12.1 Å². The maximum Gasteiger partial charge on any atom is 0.338 e. The van der Waals surface area contributed by atoms with Gasteiger partial charge in [0.15, 0.2) is 5.69 Å². The van der Waals surface area contributed by atoms with E-state index in [0.717, 1.165) is 4.57 Å². The summed E-state index contributed by atoms with van der Waals surface area (Å²) in [5.74, 6) is -0.239. The molecule has 9 nitrogen and oxygen atoms in total. The lowest BCUT2D eigenvalue weighted by Crippen LogP contribution is -2.18. The van der Waals surface area contributed by atoms with Crippen molar-refractivity contribution in [1.29, 1.82) is 5.26 Å². The van der Waals surface area contributed by atoms with Gasteiger partial charge in [-0.05, 0) is 43.3 Å². The van der Waals surface area contributed by atoms with Crippen molar-refractivity contribution >= 4 is 17.3 Å². The standard InChI is InChI=1S/C23H20N4O5/c1-15-19(14-24)21(28)27(2)22(29)20(15)26-25-17-10-8-16(9-11-17)23(30)32-13-12-31-18-6-4-3-5-7-18/h3-11,28H,12-13H2,1-2H3. The molecule has 0 saturated carbocycles. The Labute approximate surface area is 183 Å². The number of azo groups is 1. The molecular formula is C23H20N4O5. The molecule has 1 aromatic heterocycles. The van der Waals surface area contributed by atoms with E-state index in [9.17, 15) is 20.0 Å². The molecule has 162 valence electrons. The van der Waals surface area contributed by atoms with Gasteiger partial charge in [0.2, 0.25) is 5.88 Å². The molecule has 0 saturated heterocycles. The number of hydrogen-bond donors (Lipinski definition) is 1. The zero-order valence-corrected chi connectivity index (χ0v) is 17.5. The van der Waals surface area contributed by atoms with Crippen LogP contribution in [0.25, 0.3) is 0 Å². The molecule has 0 unspecified atom stereocenters. The van der Waals surface area contributed by atoms with Crippen LogP contribution in [0.1, 0.15) is 21.5 Å². The molecule has 0 fully saturated rings. The van der Waals surface area contributed by atoms with Gasteiger partial charge in [-0.3, -0.25) is 9.36 Å². The predicted molar refractivity (Wildman–Crippen MR) is 116 cm³/mol. The first kappa shape index (κ1) is 22.2. The number of benzene rings is 2. The normalized spacial score (nSPS) is 10.7. The van der Waals surface area contributed by atoms with Crippen molar-refractivity contribution in [2.24, 2.45) is 17.3 Å². The van der Waals surface area contributed by atoms with Gasteiger partial charge >= 0.3 is 5.97 Å². The van der Waals surface area contributed by atoms with Crippen molar-refractivity contribution in [3.63, 3.8) is 0 Å². The molecule has 0 atom stereocenters. The topological polar surface area (TPSA) is 126 Å². The Morgan fingerprint density at radius 3 is 2.44 bits per heavy atom. The number of aromatic hydroxyl groups is 1. The van der Waals surface area contributed by atoms with Gasteiger partial charge in [0.25, 0.3) is 5.56 Å². The third-order valence-electron chi connectivity index (χ3n) is 4.59. The van der Waals surface area contributed by atoms with Crippen molar-refractivity contribution in [2.45, 2.75) is 6.92 Å². The number of nitrogens with zero attached hydrogens (tertiary/aromatic N) is 4. The lowest BCUT2D eigenvalue weighted by Gasteiger charge is -2.08. The smallest absolute Gasteiger partial charge is 0.338 e. The van der Waals surface area contributed by atoms with Crippen LogP contribution in [-0.2, 0) is 11.8 Å². The van der Waals surface area contributed by atoms with E-state index in [1.807, 2.05) is 36.4 Å². The fourth-order valence-electron chi connectivity index (χ4n) is 2.79. The monoisotopic (exact) mass is 432 g/mol. The van der Waals surface area contributed by atoms with Crippen molar-refractivity contribution in [3.05, 3.63) is 81.6 Å². The molecule has 9 heteroatoms. The number of nitriles is 1. The number of hydrogen-bond acceptors (Lipinski definition) is 8. The summed E-state index contributed by atoms with van der Waals surface area (Å²) in [6, 6.07) is 17.2. The van der Waals surface area contributed by atoms with E-state index < -0.39 is 17.4 Å². The van der Waals surface area contributed by atoms with E-state index >= 15 is 0 Å². The van der Waals surface area contributed by atoms with Crippen LogP contribution in [0.4, 0.5) is 11.4 Å². The predicted octanol–water partition coefficient (Wildman–Crippen LogP) is 3.92. The zero-order chi connectivity index (χ0) is 23.1. The summed E-state index contributed by atoms with van der Waals surface area (Å²) < 4.78 is 11.6. The number of ether oxygens (including phenoxy) is 2. The highest BCUT2D eigenvalue weighted by atomic mass is 16.6. The first-order chi connectivity index (χ1) is 15.4. The van der Waals surface area contributed by atoms with Crippen molar-refractivity contribution < 1.29 is 19.4 Å². The summed E-state index contributed by atoms with van der Waals surface area (Å²) in [4.78, 5) is 24.5. The molecule has 0 aliphatic heterocycles. The number of aromatic nitrogens is 1. The molecule has 3 rings (SSSR count). The number of esters is 1. The van der Waals surface area contributed by atoms with Gasteiger partial charge in [0, 0.05) is 12.6 Å². The lowest BCUT2D eigenvalue weighted by molar-refractivity contribution is 0.0450. The number of pyridine rings is 1. The third-order valence-corrected chi connectivity index (χ3v) is 4.59. The maximum atomic E-state index is 12.3. The Hall–Kier alpha value is -4.45. The van der Waals surface area contributed by atoms with Crippen LogP contribution in [0.5, 0.6) is 11.6 Å². The second-order valence-corrected chi connectivity index (χ2v) is 6.69. The molecule has 0 bridgehead atoms. The highest BCUT2D eigenvalue weighted by Gasteiger charge is 2.17. The van der Waals surface area contributed by atoms with Gasteiger partial charge in [-0.1, -0.05) is 18.2 Å². The Morgan fingerprint density at radius 2 is 1.78 bits per heavy atom. The molecule has 0 aliphatic rings. The third kappa shape index (κ3) is 4.99. The molecule has 2 aromatic carbocycles. The molecule has 0 amide bonds. The summed E-state index contributed by atoms with van der Waals surface area (Å²) >= 11 is 0. The van der Waals surface area contributed by atoms with Crippen LogP contribution in [0, 0.1) is 18.3 Å². The number of rotatable bonds is 7. The van der Waals surface area contributed by atoms with E-state index in [1.165, 1.54) is 26.1 Å². The molecule has 1 heterocycles. The minimum Gasteiger partial charge on any atom is -0.493 e. The van der Waals surface area contributed by atoms with Gasteiger partial charge in [-0.25, -0.2) is 4.79 Å². The molecule has 0 radical (unpaired) electrons. The Kier molecular flexibility index (Phi) is 6.98. The van der Waals surface area contributed by atoms with Gasteiger partial charge in [0.05, 0.1) is 11.3 Å². The lowest BCUT2D eigenvalue weighted by atomic mass is 10.1. The fraction of sp³-hybridized carbons (Fsp3) is 0.174. The van der Waals surface area contributed by atoms with Crippen molar-refractivity contribution in [3.8, 4) is 17.7 Å². The van der Waals surface area contributed by atoms with E-state index in [0.29, 0.717) is 17.0 Å². The highest BCUT2D eigenvalue weighted by molar-refractivity contribution is 5.89. The van der Waals surface area contributed by atoms with Crippen molar-refractivity contribution in [1.82, 2.24) is 4.57 Å². The summed E-state index contributed by atoms with van der Waals surface area (Å²) in [5.41, 5.74) is 0.267. The molecular weight excluding hydrogens is 412 g/mol. The molecule has 0 spiro atoms. The minimum absolute atomic E-state index is 0.0459. The summed E-state index contributed by atoms with van der Waals surface area (Å²) in [6.45, 7) is 1.84. The minimum atomic E-state index is -0.583. The number of carbonyl (C=O) groups is 1. The second-order valence-electron chi connectivity index (χ2n) is 6.69. The molecule has 32 heavy (non-hydrogen) atoms. The summed E-state index contributed by atoms with van der Waals surface area (Å²) in [6.07, 6.45) is 0. The van der Waals surface area contributed by atoms with Crippen LogP contribution in [0.15, 0.2) is 69.6 Å². The largest absolute Gasteiger partial charge is 0.493 e. The highest BCUT2D eigenvalue weighted by Crippen LogP contribution is 2.26. The van der Waals surface area contributed by atoms with Gasteiger partial charge in [0.1, 0.15) is 30.6 Å². The first-order valence-electron chi connectivity index (χ1n) is 9.61. The average molecular weight is 432 g/mol. The number of carbonyl (C=O) groups excluding carboxylic acids is 1. The van der Waals surface area contributed by atoms with Crippen LogP contribution < -0.4 is 10.3 Å². The van der Waals surface area contributed by atoms with E-state index in [4.69, 9.17) is 9.47 Å². The van der Waals surface area contributed by atoms with Crippen molar-refractivity contribution in [2.75, 3.05) is 13.2 Å². The molecule has 3 aromatic rings. The average Bonchev–Trinajstić information content (AvgIpc) is 2.82. The molecule has 1 N–H and O–H groups in total. The Bertz CT molecular complexity index is 1240. The second kappa shape index (κ2) is 10.0. The maximum absolute atomic E-state index is 12.3. The Balaban J connectivity index is 1.63. The van der Waals surface area contributed by atoms with Gasteiger partial charge in [-0.2, -0.15) is 10.4 Å². The quantitative estimate of drug-likeness (QED) is 0.342. The molecule has 0 aliphatic carbocycles. The van der Waals surface area contributed by atoms with Crippen LogP contribution in [0.2, 0.25) is 0 Å². The van der Waals surface area contributed by atoms with Gasteiger partial charge in [-0.15, -0.1) is 5.11 Å². The van der Waals surface area contributed by atoms with Crippen LogP contribution in [0.3, 0.4) is 0 Å². The van der Waals surface area contributed by atoms with Gasteiger partial charge < -0.3 is 14.6 Å². The van der Waals surface area contributed by atoms with Crippen LogP contribution >= 0.6 is 0 Å². The van der Waals surface area contributed by atoms with Crippen LogP contribution in [-0.4, -0.2) is 28.9 Å².